The minimum atomic E-state index is -1.57. The number of carboxylic acid groups (broad SMARTS) is 1. The van der Waals surface area contributed by atoms with Crippen LogP contribution in [0.3, 0.4) is 0 Å². The molecule has 5 N–H and O–H groups in total. The van der Waals surface area contributed by atoms with Crippen LogP contribution in [0.1, 0.15) is 24.2 Å². The van der Waals surface area contributed by atoms with Gasteiger partial charge in [-0.3, -0.25) is 4.79 Å². The zero-order valence-corrected chi connectivity index (χ0v) is 12.6. The molecule has 0 spiro atoms. The molecule has 0 aliphatic carbocycles. The van der Waals surface area contributed by atoms with Gasteiger partial charge in [-0.2, -0.15) is 0 Å². The summed E-state index contributed by atoms with van der Waals surface area (Å²) >= 11 is 0. The quantitative estimate of drug-likeness (QED) is 0.675. The summed E-state index contributed by atoms with van der Waals surface area (Å²) in [6.07, 6.45) is -1.41. The second kappa shape index (κ2) is 8.07. The minimum absolute atomic E-state index is 0.403. The molecule has 0 saturated heterocycles. The first kappa shape index (κ1) is 18.3. The van der Waals surface area contributed by atoms with Crippen molar-refractivity contribution in [3.05, 3.63) is 71.8 Å². The summed E-state index contributed by atoms with van der Waals surface area (Å²) in [6.45, 7) is 1.38. The Balaban J connectivity index is 0.000000231. The van der Waals surface area contributed by atoms with Crippen molar-refractivity contribution in [1.29, 1.82) is 0 Å². The van der Waals surface area contributed by atoms with Gasteiger partial charge in [0, 0.05) is 0 Å². The van der Waals surface area contributed by atoms with Crippen LogP contribution in [0.4, 0.5) is 0 Å². The molecular weight excluding hydrogens is 298 g/mol. The van der Waals surface area contributed by atoms with Crippen LogP contribution in [0.5, 0.6) is 0 Å². The van der Waals surface area contributed by atoms with E-state index in [-0.39, 0.29) is 0 Å². The Morgan fingerprint density at radius 1 is 1.00 bits per heavy atom. The van der Waals surface area contributed by atoms with E-state index in [1.165, 1.54) is 6.92 Å². The molecule has 0 aliphatic heterocycles. The molecule has 6 heteroatoms. The van der Waals surface area contributed by atoms with E-state index >= 15 is 0 Å². The summed E-state index contributed by atoms with van der Waals surface area (Å²) in [6, 6.07) is 16.9. The lowest BCUT2D eigenvalue weighted by atomic mass is 9.96. The maximum absolute atomic E-state index is 10.8. The normalized spacial score (nSPS) is 13.9. The molecular formula is C17H19NO5. The molecule has 122 valence electrons. The van der Waals surface area contributed by atoms with Gasteiger partial charge in [0.05, 0.1) is 0 Å². The van der Waals surface area contributed by atoms with E-state index in [4.69, 9.17) is 15.9 Å². The largest absolute Gasteiger partial charge is 0.479 e. The highest BCUT2D eigenvalue weighted by Gasteiger charge is 2.29. The molecule has 23 heavy (non-hydrogen) atoms. The molecule has 0 fully saturated rings. The van der Waals surface area contributed by atoms with Crippen LogP contribution >= 0.6 is 0 Å². The molecule has 0 heterocycles. The summed E-state index contributed by atoms with van der Waals surface area (Å²) in [4.78, 5) is 21.0. The second-order valence-electron chi connectivity index (χ2n) is 4.95. The highest BCUT2D eigenvalue weighted by atomic mass is 16.4. The van der Waals surface area contributed by atoms with E-state index in [1.807, 2.05) is 0 Å². The first-order valence-corrected chi connectivity index (χ1v) is 6.80. The number of carbonyl (C=O) groups is 2. The third kappa shape index (κ3) is 5.21. The van der Waals surface area contributed by atoms with Crippen molar-refractivity contribution in [3.63, 3.8) is 0 Å². The lowest BCUT2D eigenvalue weighted by molar-refractivity contribution is -0.147. The number of hydrogen-bond donors (Lipinski definition) is 4. The monoisotopic (exact) mass is 317 g/mol. The third-order valence-electron chi connectivity index (χ3n) is 3.16. The van der Waals surface area contributed by atoms with E-state index in [2.05, 4.69) is 0 Å². The molecule has 2 aromatic carbocycles. The summed E-state index contributed by atoms with van der Waals surface area (Å²) < 4.78 is 0. The SMILES string of the molecule is CC(O)(C(N)=O)c1ccccc1.O=C(O)C(O)c1ccccc1. The van der Waals surface area contributed by atoms with Crippen molar-refractivity contribution in [3.8, 4) is 0 Å². The molecule has 0 aliphatic rings. The summed E-state index contributed by atoms with van der Waals surface area (Å²) in [5.41, 5.74) is 4.36. The lowest BCUT2D eigenvalue weighted by Crippen LogP contribution is -2.38. The first-order chi connectivity index (χ1) is 10.8. The predicted molar refractivity (Wildman–Crippen MR) is 84.2 cm³/mol. The standard InChI is InChI=1S/C9H11NO2.C8H8O3/c1-9(12,8(10)11)7-5-3-2-4-6-7;9-7(8(10)11)6-4-2-1-3-5-6/h2-6,12H,1H3,(H2,10,11);1-5,7,9H,(H,10,11). The summed E-state index contributed by atoms with van der Waals surface area (Å²) in [5, 5.41) is 27.0. The van der Waals surface area contributed by atoms with Gasteiger partial charge in [0.25, 0.3) is 5.91 Å². The number of carbonyl (C=O) groups excluding carboxylic acids is 1. The maximum Gasteiger partial charge on any atom is 0.337 e. The van der Waals surface area contributed by atoms with Gasteiger partial charge in [-0.15, -0.1) is 0 Å². The highest BCUT2D eigenvalue weighted by molar-refractivity contribution is 5.84. The number of benzene rings is 2. The summed E-state index contributed by atoms with van der Waals surface area (Å²) in [7, 11) is 0. The topological polar surface area (TPSA) is 121 Å². The van der Waals surface area contributed by atoms with Crippen LogP contribution in [0.15, 0.2) is 60.7 Å². The number of carboxylic acids is 1. The lowest BCUT2D eigenvalue weighted by Gasteiger charge is -2.18. The number of aliphatic hydroxyl groups is 2. The van der Waals surface area contributed by atoms with Gasteiger partial charge < -0.3 is 21.1 Å². The van der Waals surface area contributed by atoms with E-state index in [0.717, 1.165) is 0 Å². The van der Waals surface area contributed by atoms with Crippen molar-refractivity contribution in [1.82, 2.24) is 0 Å². The van der Waals surface area contributed by atoms with Crippen LogP contribution in [0.2, 0.25) is 0 Å². The Morgan fingerprint density at radius 3 is 1.83 bits per heavy atom. The third-order valence-corrected chi connectivity index (χ3v) is 3.16. The van der Waals surface area contributed by atoms with Crippen molar-refractivity contribution < 1.29 is 24.9 Å². The molecule has 2 unspecified atom stereocenters. The number of rotatable bonds is 4. The van der Waals surface area contributed by atoms with E-state index in [1.54, 1.807) is 60.7 Å². The molecule has 6 nitrogen and oxygen atoms in total. The maximum atomic E-state index is 10.8. The Bertz CT molecular complexity index is 641. The van der Waals surface area contributed by atoms with Gasteiger partial charge in [-0.05, 0) is 18.1 Å². The Kier molecular flexibility index (Phi) is 6.44. The Morgan fingerprint density at radius 2 is 1.43 bits per heavy atom. The zero-order chi connectivity index (χ0) is 17.5. The number of aliphatic carboxylic acids is 1. The highest BCUT2D eigenvalue weighted by Crippen LogP contribution is 2.18. The van der Waals surface area contributed by atoms with Gasteiger partial charge in [-0.1, -0.05) is 60.7 Å². The van der Waals surface area contributed by atoms with Crippen LogP contribution in [0, 0.1) is 0 Å². The molecule has 1 amide bonds. The van der Waals surface area contributed by atoms with Crippen LogP contribution in [-0.4, -0.2) is 27.2 Å². The molecule has 0 aromatic heterocycles. The van der Waals surface area contributed by atoms with Crippen LogP contribution in [0.25, 0.3) is 0 Å². The molecule has 2 atom stereocenters. The van der Waals surface area contributed by atoms with Crippen molar-refractivity contribution in [2.24, 2.45) is 5.73 Å². The average molecular weight is 317 g/mol. The van der Waals surface area contributed by atoms with Crippen LogP contribution < -0.4 is 5.73 Å². The van der Waals surface area contributed by atoms with E-state index < -0.39 is 23.6 Å². The fourth-order valence-electron chi connectivity index (χ4n) is 1.68. The molecule has 2 rings (SSSR count). The van der Waals surface area contributed by atoms with E-state index in [0.29, 0.717) is 11.1 Å². The van der Waals surface area contributed by atoms with E-state index in [9.17, 15) is 14.7 Å². The minimum Gasteiger partial charge on any atom is -0.479 e. The smallest absolute Gasteiger partial charge is 0.337 e. The zero-order valence-electron chi connectivity index (χ0n) is 12.6. The van der Waals surface area contributed by atoms with Crippen LogP contribution in [-0.2, 0) is 15.2 Å². The Labute approximate surface area is 133 Å². The molecule has 0 radical (unpaired) electrons. The number of aliphatic hydroxyl groups excluding tert-OH is 1. The first-order valence-electron chi connectivity index (χ1n) is 6.80. The van der Waals surface area contributed by atoms with Gasteiger partial charge in [0.15, 0.2) is 11.7 Å². The van der Waals surface area contributed by atoms with Gasteiger partial charge in [0.1, 0.15) is 0 Å². The van der Waals surface area contributed by atoms with Crippen molar-refractivity contribution in [2.45, 2.75) is 18.6 Å². The second-order valence-corrected chi connectivity index (χ2v) is 4.95. The number of hydrogen-bond acceptors (Lipinski definition) is 4. The fraction of sp³-hybridized carbons (Fsp3) is 0.176. The van der Waals surface area contributed by atoms with Gasteiger partial charge in [-0.25, -0.2) is 4.79 Å². The van der Waals surface area contributed by atoms with Crippen molar-refractivity contribution in [2.75, 3.05) is 0 Å². The predicted octanol–water partition coefficient (Wildman–Crippen LogP) is 1.18. The average Bonchev–Trinajstić information content (AvgIpc) is 2.56. The molecule has 0 bridgehead atoms. The molecule has 2 aromatic rings. The van der Waals surface area contributed by atoms with Gasteiger partial charge >= 0.3 is 5.97 Å². The fourth-order valence-corrected chi connectivity index (χ4v) is 1.68. The number of primary amides is 1. The van der Waals surface area contributed by atoms with Gasteiger partial charge in [0.2, 0.25) is 0 Å². The van der Waals surface area contributed by atoms with Crippen molar-refractivity contribution >= 4 is 11.9 Å². The number of nitrogens with two attached hydrogens (primary N) is 1. The summed E-state index contributed by atoms with van der Waals surface area (Å²) in [5.74, 6) is -1.97. The number of amides is 1. The Hall–Kier alpha value is -2.70. The molecule has 0 saturated carbocycles.